The second kappa shape index (κ2) is 5.69. The highest BCUT2D eigenvalue weighted by Crippen LogP contribution is 2.19. The number of benzene rings is 2. The first-order valence-corrected chi connectivity index (χ1v) is 6.68. The predicted molar refractivity (Wildman–Crippen MR) is 84.0 cm³/mol. The zero-order valence-electron chi connectivity index (χ0n) is 11.5. The standard InChI is InChI=1S/C18H12O4/c19-15-8-6-13-10-14(18(21)22-17(13)11-15)7-9-16(20)12-4-2-1-3-5-12/h1-11,19H. The zero-order chi connectivity index (χ0) is 15.5. The van der Waals surface area contributed by atoms with Crippen molar-refractivity contribution in [2.75, 3.05) is 0 Å². The van der Waals surface area contributed by atoms with Gasteiger partial charge < -0.3 is 9.52 Å². The maximum absolute atomic E-state index is 12.0. The average molecular weight is 292 g/mol. The summed E-state index contributed by atoms with van der Waals surface area (Å²) >= 11 is 0. The highest BCUT2D eigenvalue weighted by molar-refractivity contribution is 6.06. The Hall–Kier alpha value is -3.14. The summed E-state index contributed by atoms with van der Waals surface area (Å²) in [5.74, 6) is -0.163. The Kier molecular flexibility index (Phi) is 3.58. The molecule has 0 spiro atoms. The van der Waals surface area contributed by atoms with Crippen LogP contribution in [0.4, 0.5) is 0 Å². The lowest BCUT2D eigenvalue weighted by molar-refractivity contribution is 0.104. The third-order valence-corrected chi connectivity index (χ3v) is 3.22. The normalized spacial score (nSPS) is 11.1. The Bertz CT molecular complexity index is 921. The van der Waals surface area contributed by atoms with Gasteiger partial charge in [-0.25, -0.2) is 4.79 Å². The molecule has 4 nitrogen and oxygen atoms in total. The highest BCUT2D eigenvalue weighted by atomic mass is 16.4. The molecule has 3 aromatic rings. The summed E-state index contributed by atoms with van der Waals surface area (Å²) in [5.41, 5.74) is 0.572. The minimum Gasteiger partial charge on any atom is -0.508 e. The van der Waals surface area contributed by atoms with E-state index in [1.54, 1.807) is 36.4 Å². The number of carbonyl (C=O) groups is 1. The fourth-order valence-electron chi connectivity index (χ4n) is 2.10. The number of rotatable bonds is 3. The van der Waals surface area contributed by atoms with Crippen LogP contribution in [-0.4, -0.2) is 10.9 Å². The molecule has 0 bridgehead atoms. The third kappa shape index (κ3) is 2.81. The first-order chi connectivity index (χ1) is 10.6. The van der Waals surface area contributed by atoms with Crippen LogP contribution in [0.15, 0.2) is 69.9 Å². The molecule has 0 aliphatic rings. The van der Waals surface area contributed by atoms with Crippen molar-refractivity contribution in [2.45, 2.75) is 0 Å². The van der Waals surface area contributed by atoms with Crippen LogP contribution in [0.5, 0.6) is 5.75 Å². The topological polar surface area (TPSA) is 67.5 Å². The van der Waals surface area contributed by atoms with E-state index in [0.29, 0.717) is 16.5 Å². The number of fused-ring (bicyclic) bond motifs is 1. The van der Waals surface area contributed by atoms with Gasteiger partial charge in [0.1, 0.15) is 11.3 Å². The molecule has 0 unspecified atom stereocenters. The van der Waals surface area contributed by atoms with Crippen LogP contribution in [0.2, 0.25) is 0 Å². The van der Waals surface area contributed by atoms with Crippen LogP contribution in [0.3, 0.4) is 0 Å². The molecule has 0 aliphatic heterocycles. The van der Waals surface area contributed by atoms with E-state index in [9.17, 15) is 14.7 Å². The summed E-state index contributed by atoms with van der Waals surface area (Å²) < 4.78 is 5.13. The second-order valence-electron chi connectivity index (χ2n) is 4.77. The Balaban J connectivity index is 1.95. The molecule has 0 amide bonds. The molecule has 3 rings (SSSR count). The maximum atomic E-state index is 12.0. The molecule has 108 valence electrons. The molecular formula is C18H12O4. The van der Waals surface area contributed by atoms with Crippen LogP contribution in [0.25, 0.3) is 17.0 Å². The van der Waals surface area contributed by atoms with E-state index in [2.05, 4.69) is 0 Å². The third-order valence-electron chi connectivity index (χ3n) is 3.22. The van der Waals surface area contributed by atoms with Gasteiger partial charge in [0.05, 0.1) is 5.56 Å². The lowest BCUT2D eigenvalue weighted by atomic mass is 10.1. The van der Waals surface area contributed by atoms with Gasteiger partial charge in [-0.15, -0.1) is 0 Å². The molecule has 0 radical (unpaired) electrons. The van der Waals surface area contributed by atoms with Crippen molar-refractivity contribution in [1.29, 1.82) is 0 Å². The Morgan fingerprint density at radius 3 is 2.59 bits per heavy atom. The van der Waals surface area contributed by atoms with Crippen molar-refractivity contribution in [2.24, 2.45) is 0 Å². The van der Waals surface area contributed by atoms with Crippen molar-refractivity contribution in [1.82, 2.24) is 0 Å². The summed E-state index contributed by atoms with van der Waals surface area (Å²) in [4.78, 5) is 23.9. The first-order valence-electron chi connectivity index (χ1n) is 6.68. The van der Waals surface area contributed by atoms with Gasteiger partial charge in [-0.05, 0) is 30.4 Å². The van der Waals surface area contributed by atoms with Crippen LogP contribution in [0.1, 0.15) is 15.9 Å². The molecule has 0 saturated carbocycles. The Morgan fingerprint density at radius 1 is 1.05 bits per heavy atom. The summed E-state index contributed by atoms with van der Waals surface area (Å²) in [5, 5.41) is 10.0. The number of allylic oxidation sites excluding steroid dienone is 1. The lowest BCUT2D eigenvalue weighted by Crippen LogP contribution is -2.03. The number of phenolic OH excluding ortho intramolecular Hbond substituents is 1. The van der Waals surface area contributed by atoms with Gasteiger partial charge in [0.25, 0.3) is 0 Å². The smallest absolute Gasteiger partial charge is 0.343 e. The van der Waals surface area contributed by atoms with Gasteiger partial charge in [0.15, 0.2) is 5.78 Å². The van der Waals surface area contributed by atoms with E-state index in [1.807, 2.05) is 6.07 Å². The monoisotopic (exact) mass is 292 g/mol. The van der Waals surface area contributed by atoms with Crippen molar-refractivity contribution < 1.29 is 14.3 Å². The Morgan fingerprint density at radius 2 is 1.82 bits per heavy atom. The van der Waals surface area contributed by atoms with Crippen LogP contribution in [0, 0.1) is 0 Å². The number of phenols is 1. The number of aromatic hydroxyl groups is 1. The van der Waals surface area contributed by atoms with Gasteiger partial charge in [-0.3, -0.25) is 4.79 Å². The molecule has 0 aliphatic carbocycles. The molecule has 1 N–H and O–H groups in total. The minimum atomic E-state index is -0.560. The SMILES string of the molecule is O=C(C=Cc1cc2ccc(O)cc2oc1=O)c1ccccc1. The average Bonchev–Trinajstić information content (AvgIpc) is 2.53. The van der Waals surface area contributed by atoms with Gasteiger partial charge in [0.2, 0.25) is 0 Å². The molecular weight excluding hydrogens is 280 g/mol. The highest BCUT2D eigenvalue weighted by Gasteiger charge is 2.05. The fourth-order valence-corrected chi connectivity index (χ4v) is 2.10. The molecule has 0 fully saturated rings. The molecule has 2 aromatic carbocycles. The van der Waals surface area contributed by atoms with E-state index in [1.165, 1.54) is 24.3 Å². The maximum Gasteiger partial charge on any atom is 0.343 e. The quantitative estimate of drug-likeness (QED) is 0.456. The van der Waals surface area contributed by atoms with Crippen molar-refractivity contribution in [3.8, 4) is 5.75 Å². The number of hydrogen-bond acceptors (Lipinski definition) is 4. The molecule has 0 atom stereocenters. The van der Waals surface area contributed by atoms with Crippen molar-refractivity contribution in [3.05, 3.63) is 82.2 Å². The number of carbonyl (C=O) groups excluding carboxylic acids is 1. The van der Waals surface area contributed by atoms with E-state index in [0.717, 1.165) is 0 Å². The molecule has 0 saturated heterocycles. The summed E-state index contributed by atoms with van der Waals surface area (Å²) in [7, 11) is 0. The molecule has 1 heterocycles. The summed E-state index contributed by atoms with van der Waals surface area (Å²) in [6.07, 6.45) is 2.78. The van der Waals surface area contributed by atoms with Crippen LogP contribution < -0.4 is 5.63 Å². The Labute approximate surface area is 125 Å². The molecule has 1 aromatic heterocycles. The van der Waals surface area contributed by atoms with Crippen LogP contribution >= 0.6 is 0 Å². The zero-order valence-corrected chi connectivity index (χ0v) is 11.5. The predicted octanol–water partition coefficient (Wildman–Crippen LogP) is 3.39. The van der Waals surface area contributed by atoms with Gasteiger partial charge in [-0.1, -0.05) is 30.3 Å². The second-order valence-corrected chi connectivity index (χ2v) is 4.77. The van der Waals surface area contributed by atoms with Gasteiger partial charge >= 0.3 is 5.63 Å². The summed E-state index contributed by atoms with van der Waals surface area (Å²) in [6.45, 7) is 0. The van der Waals surface area contributed by atoms with E-state index >= 15 is 0 Å². The van der Waals surface area contributed by atoms with Gasteiger partial charge in [-0.2, -0.15) is 0 Å². The minimum absolute atomic E-state index is 0.0261. The van der Waals surface area contributed by atoms with E-state index < -0.39 is 5.63 Å². The fraction of sp³-hybridized carbons (Fsp3) is 0. The first kappa shape index (κ1) is 13.8. The largest absolute Gasteiger partial charge is 0.508 e. The van der Waals surface area contributed by atoms with Crippen molar-refractivity contribution in [3.63, 3.8) is 0 Å². The lowest BCUT2D eigenvalue weighted by Gasteiger charge is -1.99. The summed E-state index contributed by atoms with van der Waals surface area (Å²) in [6, 6.07) is 14.9. The number of ketones is 1. The number of hydrogen-bond donors (Lipinski definition) is 1. The molecule has 22 heavy (non-hydrogen) atoms. The van der Waals surface area contributed by atoms with Crippen molar-refractivity contribution >= 4 is 22.8 Å². The van der Waals surface area contributed by atoms with E-state index in [-0.39, 0.29) is 17.1 Å². The van der Waals surface area contributed by atoms with E-state index in [4.69, 9.17) is 4.42 Å². The van der Waals surface area contributed by atoms with Gasteiger partial charge in [0, 0.05) is 17.0 Å². The van der Waals surface area contributed by atoms with Crippen LogP contribution in [-0.2, 0) is 0 Å². The molecule has 4 heteroatoms.